The highest BCUT2D eigenvalue weighted by molar-refractivity contribution is 5.31. The third kappa shape index (κ3) is 3.92. The molecule has 0 aliphatic carbocycles. The fraction of sp³-hybridized carbons (Fsp3) is 0.389. The molecule has 0 radical (unpaired) electrons. The van der Waals surface area contributed by atoms with E-state index in [4.69, 9.17) is 0 Å². The zero-order valence-electron chi connectivity index (χ0n) is 12.0. The van der Waals surface area contributed by atoms with E-state index in [2.05, 4.69) is 49.2 Å². The predicted molar refractivity (Wildman–Crippen MR) is 81.4 cm³/mol. The van der Waals surface area contributed by atoms with Gasteiger partial charge in [0.05, 0.1) is 0 Å². The molecule has 1 heterocycles. The Morgan fingerprint density at radius 3 is 2.42 bits per heavy atom. The van der Waals surface area contributed by atoms with E-state index in [1.807, 2.05) is 12.4 Å². The van der Waals surface area contributed by atoms with Crippen LogP contribution >= 0.6 is 0 Å². The van der Waals surface area contributed by atoms with Crippen LogP contribution in [-0.2, 0) is 19.3 Å². The number of rotatable bonds is 6. The second kappa shape index (κ2) is 7.08. The van der Waals surface area contributed by atoms with Crippen molar-refractivity contribution in [3.05, 3.63) is 65.0 Å². The van der Waals surface area contributed by atoms with Crippen LogP contribution in [0, 0.1) is 6.92 Å². The third-order valence-electron chi connectivity index (χ3n) is 3.73. The van der Waals surface area contributed by atoms with E-state index < -0.39 is 0 Å². The Kier molecular flexibility index (Phi) is 5.14. The van der Waals surface area contributed by atoms with Crippen molar-refractivity contribution in [2.45, 2.75) is 46.0 Å². The highest BCUT2D eigenvalue weighted by Crippen LogP contribution is 2.17. The average molecular weight is 253 g/mol. The number of aromatic nitrogens is 1. The minimum Gasteiger partial charge on any atom is -0.264 e. The Hall–Kier alpha value is -1.63. The lowest BCUT2D eigenvalue weighted by Crippen LogP contribution is -1.99. The Labute approximate surface area is 116 Å². The summed E-state index contributed by atoms with van der Waals surface area (Å²) >= 11 is 0. The van der Waals surface area contributed by atoms with E-state index in [-0.39, 0.29) is 0 Å². The van der Waals surface area contributed by atoms with Crippen molar-refractivity contribution in [2.75, 3.05) is 0 Å². The van der Waals surface area contributed by atoms with Crippen LogP contribution < -0.4 is 0 Å². The van der Waals surface area contributed by atoms with Crippen molar-refractivity contribution in [3.63, 3.8) is 0 Å². The molecule has 0 saturated heterocycles. The molecule has 0 aliphatic heterocycles. The number of benzene rings is 1. The Morgan fingerprint density at radius 2 is 1.68 bits per heavy atom. The van der Waals surface area contributed by atoms with Gasteiger partial charge in [0.25, 0.3) is 0 Å². The van der Waals surface area contributed by atoms with Gasteiger partial charge in [-0.1, -0.05) is 37.3 Å². The lowest BCUT2D eigenvalue weighted by atomic mass is 9.97. The highest BCUT2D eigenvalue weighted by Gasteiger charge is 2.04. The number of hydrogen-bond acceptors (Lipinski definition) is 1. The average Bonchev–Trinajstić information content (AvgIpc) is 2.46. The van der Waals surface area contributed by atoms with Crippen molar-refractivity contribution in [3.8, 4) is 0 Å². The molecule has 2 rings (SSSR count). The number of pyridine rings is 1. The minimum absolute atomic E-state index is 1.09. The molecular formula is C18H23N. The molecule has 0 unspecified atom stereocenters. The fourth-order valence-corrected chi connectivity index (χ4v) is 2.59. The van der Waals surface area contributed by atoms with Crippen molar-refractivity contribution < 1.29 is 0 Å². The summed E-state index contributed by atoms with van der Waals surface area (Å²) in [4.78, 5) is 4.29. The van der Waals surface area contributed by atoms with Gasteiger partial charge >= 0.3 is 0 Å². The SMILES string of the molecule is CCc1cncc(C)c1CCCCc1ccccc1. The molecular weight excluding hydrogens is 230 g/mol. The predicted octanol–water partition coefficient (Wildman–Crippen LogP) is 4.52. The van der Waals surface area contributed by atoms with Crippen molar-refractivity contribution >= 4 is 0 Å². The van der Waals surface area contributed by atoms with Gasteiger partial charge in [-0.05, 0) is 61.3 Å². The Morgan fingerprint density at radius 1 is 0.947 bits per heavy atom. The highest BCUT2D eigenvalue weighted by atomic mass is 14.6. The number of hydrogen-bond donors (Lipinski definition) is 0. The van der Waals surface area contributed by atoms with Gasteiger partial charge in [-0.15, -0.1) is 0 Å². The van der Waals surface area contributed by atoms with Crippen LogP contribution in [0.4, 0.5) is 0 Å². The van der Waals surface area contributed by atoms with E-state index in [0.717, 1.165) is 6.42 Å². The summed E-state index contributed by atoms with van der Waals surface area (Å²) in [6.07, 6.45) is 9.99. The van der Waals surface area contributed by atoms with Gasteiger partial charge in [0.1, 0.15) is 0 Å². The first-order chi connectivity index (χ1) is 9.31. The first-order valence-corrected chi connectivity index (χ1v) is 7.27. The topological polar surface area (TPSA) is 12.9 Å². The largest absolute Gasteiger partial charge is 0.264 e. The third-order valence-corrected chi connectivity index (χ3v) is 3.73. The number of nitrogens with zero attached hydrogens (tertiary/aromatic N) is 1. The summed E-state index contributed by atoms with van der Waals surface area (Å²) in [5.74, 6) is 0. The molecule has 0 N–H and O–H groups in total. The summed E-state index contributed by atoms with van der Waals surface area (Å²) < 4.78 is 0. The normalized spacial score (nSPS) is 10.6. The van der Waals surface area contributed by atoms with Gasteiger partial charge in [0.15, 0.2) is 0 Å². The molecule has 1 aromatic carbocycles. The first-order valence-electron chi connectivity index (χ1n) is 7.27. The fourth-order valence-electron chi connectivity index (χ4n) is 2.59. The molecule has 19 heavy (non-hydrogen) atoms. The van der Waals surface area contributed by atoms with E-state index in [0.29, 0.717) is 0 Å². The maximum Gasteiger partial charge on any atom is 0.0302 e. The number of unbranched alkanes of at least 4 members (excludes halogenated alkanes) is 1. The molecule has 0 saturated carbocycles. The summed E-state index contributed by atoms with van der Waals surface area (Å²) in [6.45, 7) is 4.39. The van der Waals surface area contributed by atoms with Crippen molar-refractivity contribution in [1.82, 2.24) is 4.98 Å². The van der Waals surface area contributed by atoms with E-state index in [1.165, 1.54) is 47.9 Å². The van der Waals surface area contributed by atoms with Crippen LogP contribution in [0.15, 0.2) is 42.7 Å². The lowest BCUT2D eigenvalue weighted by molar-refractivity contribution is 0.726. The quantitative estimate of drug-likeness (QED) is 0.690. The van der Waals surface area contributed by atoms with E-state index in [9.17, 15) is 0 Å². The standard InChI is InChI=1S/C18H23N/c1-3-17-14-19-13-15(2)18(17)12-8-7-11-16-9-5-4-6-10-16/h4-6,9-10,13-14H,3,7-8,11-12H2,1-2H3. The molecule has 1 aromatic heterocycles. The molecule has 0 atom stereocenters. The van der Waals surface area contributed by atoms with Crippen LogP contribution in [0.25, 0.3) is 0 Å². The smallest absolute Gasteiger partial charge is 0.0302 e. The Balaban J connectivity index is 1.86. The first kappa shape index (κ1) is 13.8. The molecule has 0 aliphatic rings. The zero-order valence-corrected chi connectivity index (χ0v) is 12.0. The summed E-state index contributed by atoms with van der Waals surface area (Å²) in [5.41, 5.74) is 5.73. The molecule has 1 heteroatoms. The summed E-state index contributed by atoms with van der Waals surface area (Å²) in [5, 5.41) is 0. The Bertz CT molecular complexity index is 502. The van der Waals surface area contributed by atoms with Crippen LogP contribution in [0.2, 0.25) is 0 Å². The monoisotopic (exact) mass is 253 g/mol. The van der Waals surface area contributed by atoms with Gasteiger partial charge in [0.2, 0.25) is 0 Å². The lowest BCUT2D eigenvalue weighted by Gasteiger charge is -2.10. The molecule has 0 spiro atoms. The van der Waals surface area contributed by atoms with E-state index in [1.54, 1.807) is 0 Å². The molecule has 1 nitrogen and oxygen atoms in total. The summed E-state index contributed by atoms with van der Waals surface area (Å²) in [6, 6.07) is 10.8. The minimum atomic E-state index is 1.09. The van der Waals surface area contributed by atoms with Crippen molar-refractivity contribution in [2.24, 2.45) is 0 Å². The zero-order chi connectivity index (χ0) is 13.5. The van der Waals surface area contributed by atoms with Crippen LogP contribution in [0.1, 0.15) is 42.0 Å². The second-order valence-electron chi connectivity index (χ2n) is 5.14. The van der Waals surface area contributed by atoms with Gasteiger partial charge in [-0.3, -0.25) is 4.98 Å². The van der Waals surface area contributed by atoms with Gasteiger partial charge in [-0.25, -0.2) is 0 Å². The molecule has 0 bridgehead atoms. The molecule has 100 valence electrons. The molecule has 0 fully saturated rings. The van der Waals surface area contributed by atoms with Gasteiger partial charge < -0.3 is 0 Å². The van der Waals surface area contributed by atoms with Gasteiger partial charge in [0, 0.05) is 12.4 Å². The van der Waals surface area contributed by atoms with Crippen LogP contribution in [-0.4, -0.2) is 4.98 Å². The van der Waals surface area contributed by atoms with Gasteiger partial charge in [-0.2, -0.15) is 0 Å². The second-order valence-corrected chi connectivity index (χ2v) is 5.14. The maximum absolute atomic E-state index is 4.29. The summed E-state index contributed by atoms with van der Waals surface area (Å²) in [7, 11) is 0. The van der Waals surface area contributed by atoms with Crippen LogP contribution in [0.5, 0.6) is 0 Å². The molecule has 2 aromatic rings. The van der Waals surface area contributed by atoms with E-state index >= 15 is 0 Å². The maximum atomic E-state index is 4.29. The van der Waals surface area contributed by atoms with Crippen molar-refractivity contribution in [1.29, 1.82) is 0 Å². The van der Waals surface area contributed by atoms with Crippen LogP contribution in [0.3, 0.4) is 0 Å². The number of aryl methyl sites for hydroxylation is 3. The molecule has 0 amide bonds.